The van der Waals surface area contributed by atoms with Gasteiger partial charge >= 0.3 is 0 Å². The Labute approximate surface area is 149 Å². The average molecular weight is 358 g/mol. The first-order valence-electron chi connectivity index (χ1n) is 8.26. The van der Waals surface area contributed by atoms with E-state index >= 15 is 0 Å². The largest absolute Gasteiger partial charge is 0.333 e. The summed E-state index contributed by atoms with van der Waals surface area (Å²) in [6, 6.07) is 8.31. The molecule has 0 aliphatic carbocycles. The van der Waals surface area contributed by atoms with Crippen LogP contribution in [-0.2, 0) is 11.2 Å². The van der Waals surface area contributed by atoms with Crippen LogP contribution in [0.5, 0.6) is 0 Å². The second kappa shape index (κ2) is 6.61. The van der Waals surface area contributed by atoms with Crippen molar-refractivity contribution in [1.82, 2.24) is 14.9 Å². The Balaban J connectivity index is 1.59. The van der Waals surface area contributed by atoms with Gasteiger partial charge in [0, 0.05) is 11.9 Å². The number of fused-ring (bicyclic) bond motifs is 1. The smallest absolute Gasteiger partial charge is 0.229 e. The van der Waals surface area contributed by atoms with Gasteiger partial charge in [0.2, 0.25) is 5.91 Å². The molecule has 0 N–H and O–H groups in total. The van der Waals surface area contributed by atoms with Crippen molar-refractivity contribution in [3.8, 4) is 0 Å². The van der Waals surface area contributed by atoms with Crippen LogP contribution in [0.4, 0.5) is 0 Å². The van der Waals surface area contributed by atoms with E-state index in [2.05, 4.69) is 11.1 Å². The lowest BCUT2D eigenvalue weighted by Crippen LogP contribution is -2.39. The number of piperidine rings is 1. The van der Waals surface area contributed by atoms with Crippen molar-refractivity contribution in [3.05, 3.63) is 45.4 Å². The third-order valence-corrected chi connectivity index (χ3v) is 6.38. The minimum atomic E-state index is 0.114. The Morgan fingerprint density at radius 2 is 2.17 bits per heavy atom. The van der Waals surface area contributed by atoms with Crippen LogP contribution >= 0.6 is 22.7 Å². The zero-order chi connectivity index (χ0) is 16.5. The fraction of sp³-hybridized carbons (Fsp3) is 0.389. The Hall–Kier alpha value is -1.79. The SMILES string of the molecule is Cc1nc(CC(=O)N2CCCCC2c2nc3ccccc3s2)cs1. The van der Waals surface area contributed by atoms with E-state index in [4.69, 9.17) is 4.98 Å². The van der Waals surface area contributed by atoms with E-state index in [9.17, 15) is 4.79 Å². The minimum absolute atomic E-state index is 0.114. The van der Waals surface area contributed by atoms with Gasteiger partial charge in [-0.05, 0) is 38.3 Å². The van der Waals surface area contributed by atoms with Crippen LogP contribution in [-0.4, -0.2) is 27.3 Å². The van der Waals surface area contributed by atoms with E-state index in [1.165, 1.54) is 4.70 Å². The number of thiazole rings is 2. The van der Waals surface area contributed by atoms with Gasteiger partial charge in [0.15, 0.2) is 0 Å². The second-order valence-corrected chi connectivity index (χ2v) is 8.28. The molecule has 1 aromatic carbocycles. The molecule has 24 heavy (non-hydrogen) atoms. The Kier molecular flexibility index (Phi) is 4.33. The molecule has 2 aromatic heterocycles. The molecule has 1 fully saturated rings. The standard InChI is InChI=1S/C18H19N3OS2/c1-12-19-13(11-23-12)10-17(22)21-9-5-4-7-15(21)18-20-14-6-2-3-8-16(14)24-18/h2-3,6,8,11,15H,4-5,7,9-10H2,1H3. The van der Waals surface area contributed by atoms with Crippen molar-refractivity contribution in [2.75, 3.05) is 6.54 Å². The van der Waals surface area contributed by atoms with E-state index in [1.54, 1.807) is 22.7 Å². The summed E-state index contributed by atoms with van der Waals surface area (Å²) < 4.78 is 1.19. The summed E-state index contributed by atoms with van der Waals surface area (Å²) in [5, 5.41) is 4.07. The Bertz CT molecular complexity index is 837. The first-order valence-corrected chi connectivity index (χ1v) is 9.96. The molecule has 4 nitrogen and oxygen atoms in total. The van der Waals surface area contributed by atoms with Gasteiger partial charge in [0.25, 0.3) is 0 Å². The van der Waals surface area contributed by atoms with Crippen LogP contribution in [0, 0.1) is 6.92 Å². The maximum atomic E-state index is 12.8. The first kappa shape index (κ1) is 15.7. The van der Waals surface area contributed by atoms with Gasteiger partial charge in [0.05, 0.1) is 33.4 Å². The molecular formula is C18H19N3OS2. The first-order chi connectivity index (χ1) is 11.7. The highest BCUT2D eigenvalue weighted by Gasteiger charge is 2.30. The van der Waals surface area contributed by atoms with E-state index in [0.717, 1.165) is 47.0 Å². The summed E-state index contributed by atoms with van der Waals surface area (Å²) in [4.78, 5) is 24.1. The number of nitrogens with zero attached hydrogens (tertiary/aromatic N) is 3. The fourth-order valence-corrected chi connectivity index (χ4v) is 4.99. The number of amides is 1. The van der Waals surface area contributed by atoms with Crippen molar-refractivity contribution in [2.45, 2.75) is 38.6 Å². The van der Waals surface area contributed by atoms with E-state index < -0.39 is 0 Å². The fourth-order valence-electron chi connectivity index (χ4n) is 3.27. The van der Waals surface area contributed by atoms with Gasteiger partial charge in [-0.3, -0.25) is 4.79 Å². The van der Waals surface area contributed by atoms with Crippen LogP contribution in [0.15, 0.2) is 29.6 Å². The van der Waals surface area contributed by atoms with Crippen molar-refractivity contribution in [3.63, 3.8) is 0 Å². The molecular weight excluding hydrogens is 338 g/mol. The summed E-state index contributed by atoms with van der Waals surface area (Å²) in [6.45, 7) is 2.80. The van der Waals surface area contributed by atoms with E-state index in [-0.39, 0.29) is 11.9 Å². The molecule has 1 saturated heterocycles. The molecule has 6 heteroatoms. The number of benzene rings is 1. The quantitative estimate of drug-likeness (QED) is 0.700. The molecule has 3 aromatic rings. The number of carbonyl (C=O) groups excluding carboxylic acids is 1. The summed E-state index contributed by atoms with van der Waals surface area (Å²) in [7, 11) is 0. The van der Waals surface area contributed by atoms with E-state index in [1.807, 2.05) is 35.4 Å². The maximum absolute atomic E-state index is 12.8. The van der Waals surface area contributed by atoms with Crippen LogP contribution < -0.4 is 0 Å². The number of para-hydroxylation sites is 1. The minimum Gasteiger partial charge on any atom is -0.333 e. The van der Waals surface area contributed by atoms with Gasteiger partial charge < -0.3 is 4.90 Å². The van der Waals surface area contributed by atoms with Gasteiger partial charge in [-0.2, -0.15) is 0 Å². The third-order valence-electron chi connectivity index (χ3n) is 4.42. The zero-order valence-electron chi connectivity index (χ0n) is 13.6. The van der Waals surface area contributed by atoms with Gasteiger partial charge in [-0.1, -0.05) is 12.1 Å². The predicted octanol–water partition coefficient (Wildman–Crippen LogP) is 4.36. The zero-order valence-corrected chi connectivity index (χ0v) is 15.2. The van der Waals surface area contributed by atoms with Gasteiger partial charge in [0.1, 0.15) is 5.01 Å². The molecule has 1 atom stereocenters. The van der Waals surface area contributed by atoms with E-state index in [0.29, 0.717) is 6.42 Å². The lowest BCUT2D eigenvalue weighted by atomic mass is 10.0. The molecule has 0 radical (unpaired) electrons. The second-order valence-electron chi connectivity index (χ2n) is 6.15. The third kappa shape index (κ3) is 3.08. The van der Waals surface area contributed by atoms with Crippen molar-refractivity contribution >= 4 is 38.8 Å². The highest BCUT2D eigenvalue weighted by molar-refractivity contribution is 7.18. The number of aromatic nitrogens is 2. The van der Waals surface area contributed by atoms with Crippen LogP contribution in [0.2, 0.25) is 0 Å². The number of aryl methyl sites for hydroxylation is 1. The lowest BCUT2D eigenvalue weighted by Gasteiger charge is -2.34. The molecule has 0 bridgehead atoms. The molecule has 0 saturated carbocycles. The average Bonchev–Trinajstić information content (AvgIpc) is 3.20. The Morgan fingerprint density at radius 3 is 2.96 bits per heavy atom. The summed E-state index contributed by atoms with van der Waals surface area (Å²) >= 11 is 3.32. The maximum Gasteiger partial charge on any atom is 0.229 e. The number of carbonyl (C=O) groups is 1. The van der Waals surface area contributed by atoms with Crippen molar-refractivity contribution in [1.29, 1.82) is 0 Å². The normalized spacial score (nSPS) is 18.2. The van der Waals surface area contributed by atoms with Crippen molar-refractivity contribution in [2.24, 2.45) is 0 Å². The lowest BCUT2D eigenvalue weighted by molar-refractivity contribution is -0.134. The summed E-state index contributed by atoms with van der Waals surface area (Å²) in [5.74, 6) is 0.171. The van der Waals surface area contributed by atoms with Crippen LogP contribution in [0.3, 0.4) is 0 Å². The monoisotopic (exact) mass is 357 g/mol. The molecule has 1 unspecified atom stereocenters. The van der Waals surface area contributed by atoms with Gasteiger partial charge in [-0.25, -0.2) is 9.97 Å². The molecule has 124 valence electrons. The Morgan fingerprint density at radius 1 is 1.29 bits per heavy atom. The molecule has 1 amide bonds. The van der Waals surface area contributed by atoms with Crippen molar-refractivity contribution < 1.29 is 4.79 Å². The number of likely N-dealkylation sites (tertiary alicyclic amines) is 1. The molecule has 1 aliphatic heterocycles. The highest BCUT2D eigenvalue weighted by Crippen LogP contribution is 2.35. The molecule has 3 heterocycles. The highest BCUT2D eigenvalue weighted by atomic mass is 32.1. The topological polar surface area (TPSA) is 46.1 Å². The predicted molar refractivity (Wildman–Crippen MR) is 98.5 cm³/mol. The molecule has 0 spiro atoms. The number of hydrogen-bond donors (Lipinski definition) is 0. The molecule has 4 rings (SSSR count). The number of rotatable bonds is 3. The van der Waals surface area contributed by atoms with Crippen LogP contribution in [0.1, 0.15) is 41.0 Å². The number of hydrogen-bond acceptors (Lipinski definition) is 5. The molecule has 1 aliphatic rings. The summed E-state index contributed by atoms with van der Waals surface area (Å²) in [6.07, 6.45) is 3.62. The van der Waals surface area contributed by atoms with Gasteiger partial charge in [-0.15, -0.1) is 22.7 Å². The summed E-state index contributed by atoms with van der Waals surface area (Å²) in [5.41, 5.74) is 1.92. The van der Waals surface area contributed by atoms with Crippen LogP contribution in [0.25, 0.3) is 10.2 Å².